The molecule has 0 radical (unpaired) electrons. The molecule has 4 atom stereocenters. The Morgan fingerprint density at radius 3 is 1.80 bits per heavy atom. The fourth-order valence-electron chi connectivity index (χ4n) is 4.24. The molecule has 0 unspecified atom stereocenters. The van der Waals surface area contributed by atoms with Gasteiger partial charge in [0.25, 0.3) is 0 Å². The first kappa shape index (κ1) is 31.9. The second kappa shape index (κ2) is 14.1. The van der Waals surface area contributed by atoms with Crippen molar-refractivity contribution in [2.45, 2.75) is 65.5 Å². The van der Waals surface area contributed by atoms with Crippen LogP contribution in [0.25, 0.3) is 0 Å². The molecule has 1 aliphatic rings. The maximum absolute atomic E-state index is 13.3. The minimum Gasteiger partial charge on any atom is -0.623 e. The zero-order valence-electron chi connectivity index (χ0n) is 23.3. The Hall–Kier alpha value is -4.36. The molecule has 0 amide bonds. The molecule has 220 valence electrons. The van der Waals surface area contributed by atoms with Crippen LogP contribution in [-0.2, 0) is 54.1 Å². The van der Waals surface area contributed by atoms with Gasteiger partial charge in [-0.05, 0) is 17.7 Å². The molecule has 0 fully saturated rings. The molecule has 0 aliphatic carbocycles. The largest absolute Gasteiger partial charge is 0.623 e. The number of esters is 5. The van der Waals surface area contributed by atoms with E-state index in [4.69, 9.17) is 33.2 Å². The van der Waals surface area contributed by atoms with E-state index in [2.05, 4.69) is 0 Å². The average molecular weight is 568 g/mol. The third-order valence-electron chi connectivity index (χ3n) is 5.66. The molecule has 0 aromatic heterocycles. The van der Waals surface area contributed by atoms with E-state index in [9.17, 15) is 29.2 Å². The fourth-order valence-corrected chi connectivity index (χ4v) is 4.24. The average Bonchev–Trinajstić information content (AvgIpc) is 2.86. The lowest BCUT2D eigenvalue weighted by Crippen LogP contribution is -2.56. The monoisotopic (exact) mass is 567 g/mol. The van der Waals surface area contributed by atoms with E-state index in [0.717, 1.165) is 34.6 Å². The van der Waals surface area contributed by atoms with E-state index in [0.29, 0.717) is 16.1 Å². The predicted molar refractivity (Wildman–Crippen MR) is 135 cm³/mol. The Morgan fingerprint density at radius 1 is 0.775 bits per heavy atom. The van der Waals surface area contributed by atoms with E-state index in [1.807, 2.05) is 0 Å². The van der Waals surface area contributed by atoms with Crippen LogP contribution in [0.2, 0.25) is 0 Å². The highest BCUT2D eigenvalue weighted by Gasteiger charge is 2.49. The molecule has 0 N–H and O–H groups in total. The van der Waals surface area contributed by atoms with Crippen molar-refractivity contribution in [3.63, 3.8) is 0 Å². The summed E-state index contributed by atoms with van der Waals surface area (Å²) in [6.07, 6.45) is -6.36. The van der Waals surface area contributed by atoms with Gasteiger partial charge in [0.15, 0.2) is 36.4 Å². The lowest BCUT2D eigenvalue weighted by atomic mass is 9.89. The third-order valence-corrected chi connectivity index (χ3v) is 5.66. The highest BCUT2D eigenvalue weighted by molar-refractivity contribution is 6.04. The molecule has 0 spiro atoms. The van der Waals surface area contributed by atoms with Crippen LogP contribution in [0.1, 0.15) is 45.7 Å². The number of benzene rings is 1. The molecule has 1 aliphatic heterocycles. The molecule has 2 rings (SSSR count). The van der Waals surface area contributed by atoms with E-state index >= 15 is 0 Å². The van der Waals surface area contributed by atoms with Gasteiger partial charge in [0.1, 0.15) is 6.61 Å². The number of methoxy groups -OCH3 is 2. The molecule has 1 aromatic carbocycles. The lowest BCUT2D eigenvalue weighted by molar-refractivity contribution is -0.462. The predicted octanol–water partition coefficient (Wildman–Crippen LogP) is 0.849. The number of carbonyl (C=O) groups is 5. The lowest BCUT2D eigenvalue weighted by Gasteiger charge is -2.36. The normalized spacial score (nSPS) is 15.4. The van der Waals surface area contributed by atoms with E-state index < -0.39 is 60.9 Å². The van der Waals surface area contributed by atoms with Gasteiger partial charge >= 0.3 is 29.8 Å². The summed E-state index contributed by atoms with van der Waals surface area (Å²) >= 11 is 0. The highest BCUT2D eigenvalue weighted by atomic mass is 16.6. The van der Waals surface area contributed by atoms with Crippen LogP contribution >= 0.6 is 0 Å². The molecule has 40 heavy (non-hydrogen) atoms. The van der Waals surface area contributed by atoms with Gasteiger partial charge in [-0.25, -0.2) is 4.74 Å². The number of fused-ring (bicyclic) bond motifs is 1. The summed E-state index contributed by atoms with van der Waals surface area (Å²) in [6, 6.07) is 3.15. The summed E-state index contributed by atoms with van der Waals surface area (Å²) in [5.41, 5.74) is 0.752. The topological polar surface area (TPSA) is 176 Å². The summed E-state index contributed by atoms with van der Waals surface area (Å²) < 4.78 is 38.0. The SMILES string of the molecule is COc1cc2c(cc1OC)C([C@@H](OC(C)=O)[C@@H](OC(C)=O)[C@H](OC(C)=O)[C@H](COC(C)=O)OC(C)=O)=[N+]([O-])CC2. The van der Waals surface area contributed by atoms with Crippen LogP contribution in [0.3, 0.4) is 0 Å². The van der Waals surface area contributed by atoms with Crippen LogP contribution in [0.5, 0.6) is 11.5 Å². The number of carbonyl (C=O) groups excluding carboxylic acids is 5. The van der Waals surface area contributed by atoms with Crippen molar-refractivity contribution in [1.29, 1.82) is 0 Å². The van der Waals surface area contributed by atoms with Crippen LogP contribution < -0.4 is 9.47 Å². The Balaban J connectivity index is 2.82. The van der Waals surface area contributed by atoms with Crippen LogP contribution in [0.15, 0.2) is 12.1 Å². The number of hydroxylamine groups is 1. The maximum Gasteiger partial charge on any atom is 0.303 e. The van der Waals surface area contributed by atoms with E-state index in [-0.39, 0.29) is 30.0 Å². The van der Waals surface area contributed by atoms with E-state index in [1.165, 1.54) is 20.3 Å². The number of hydrogen-bond acceptors (Lipinski definition) is 13. The first-order valence-electron chi connectivity index (χ1n) is 12.2. The molecule has 14 heteroatoms. The Labute approximate surface area is 230 Å². The summed E-state index contributed by atoms with van der Waals surface area (Å²) in [5, 5.41) is 13.3. The maximum atomic E-state index is 13.3. The number of nitrogens with zero attached hydrogens (tertiary/aromatic N) is 1. The second-order valence-electron chi connectivity index (χ2n) is 8.73. The zero-order valence-corrected chi connectivity index (χ0v) is 23.3. The van der Waals surface area contributed by atoms with Crippen molar-refractivity contribution >= 4 is 35.6 Å². The van der Waals surface area contributed by atoms with Gasteiger partial charge in [0, 0.05) is 41.0 Å². The second-order valence-corrected chi connectivity index (χ2v) is 8.73. The van der Waals surface area contributed by atoms with Crippen LogP contribution in [0, 0.1) is 5.21 Å². The van der Waals surface area contributed by atoms with Crippen molar-refractivity contribution in [3.8, 4) is 11.5 Å². The van der Waals surface area contributed by atoms with Gasteiger partial charge in [0.05, 0.1) is 19.8 Å². The molecule has 1 heterocycles. The van der Waals surface area contributed by atoms with Crippen molar-refractivity contribution in [1.82, 2.24) is 0 Å². The van der Waals surface area contributed by atoms with Crippen molar-refractivity contribution in [3.05, 3.63) is 28.5 Å². The van der Waals surface area contributed by atoms with Gasteiger partial charge < -0.3 is 38.4 Å². The Morgan fingerprint density at radius 2 is 1.30 bits per heavy atom. The molecule has 14 nitrogen and oxygen atoms in total. The standard InChI is InChI=1S/C26H33NO13/c1-13(28)36-12-22(37-14(2)29)24(38-15(3)30)26(40-17(5)32)25(39-16(4)31)23-19-11-21(35-7)20(34-6)10-18(19)8-9-27(23)33/h10-11,22,24-26H,8-9,12H2,1-7H3/t22-,24+,25+,26-/m0/s1. The highest BCUT2D eigenvalue weighted by Crippen LogP contribution is 2.34. The first-order valence-corrected chi connectivity index (χ1v) is 12.2. The molecular formula is C26H33NO13. The quantitative estimate of drug-likeness (QED) is 0.150. The Bertz CT molecular complexity index is 1180. The molecular weight excluding hydrogens is 534 g/mol. The number of rotatable bonds is 12. The summed E-state index contributed by atoms with van der Waals surface area (Å²) in [5.74, 6) is -3.64. The van der Waals surface area contributed by atoms with Crippen molar-refractivity contribution in [2.24, 2.45) is 0 Å². The van der Waals surface area contributed by atoms with Gasteiger partial charge in [0.2, 0.25) is 11.8 Å². The van der Waals surface area contributed by atoms with Crippen LogP contribution in [-0.4, -0.2) is 92.1 Å². The minimum absolute atomic E-state index is 0.0819. The van der Waals surface area contributed by atoms with Gasteiger partial charge in [-0.2, -0.15) is 0 Å². The molecule has 0 saturated carbocycles. The number of hydrogen-bond donors (Lipinski definition) is 0. The molecule has 1 aromatic rings. The molecule has 0 bridgehead atoms. The van der Waals surface area contributed by atoms with Gasteiger partial charge in [-0.1, -0.05) is 0 Å². The fraction of sp³-hybridized carbons (Fsp3) is 0.538. The first-order chi connectivity index (χ1) is 18.8. The van der Waals surface area contributed by atoms with Gasteiger partial charge in [-0.15, -0.1) is 0 Å². The van der Waals surface area contributed by atoms with Crippen molar-refractivity contribution < 1.29 is 61.9 Å². The van der Waals surface area contributed by atoms with E-state index in [1.54, 1.807) is 6.07 Å². The zero-order chi connectivity index (χ0) is 30.1. The van der Waals surface area contributed by atoms with Gasteiger partial charge in [-0.3, -0.25) is 24.0 Å². The summed E-state index contributed by atoms with van der Waals surface area (Å²) in [4.78, 5) is 60.3. The van der Waals surface area contributed by atoms with Crippen molar-refractivity contribution in [2.75, 3.05) is 27.4 Å². The molecule has 0 saturated heterocycles. The minimum atomic E-state index is -1.74. The summed E-state index contributed by atoms with van der Waals surface area (Å²) in [7, 11) is 2.83. The summed E-state index contributed by atoms with van der Waals surface area (Å²) in [6.45, 7) is 4.60. The van der Waals surface area contributed by atoms with Crippen LogP contribution in [0.4, 0.5) is 0 Å². The number of ether oxygens (including phenoxy) is 7. The third kappa shape index (κ3) is 8.32. The Kier molecular flexibility index (Phi) is 11.3. The smallest absolute Gasteiger partial charge is 0.303 e.